The summed E-state index contributed by atoms with van der Waals surface area (Å²) in [5.74, 6) is 1.45. The highest BCUT2D eigenvalue weighted by Crippen LogP contribution is 2.26. The van der Waals surface area contributed by atoms with Gasteiger partial charge >= 0.3 is 0 Å². The minimum atomic E-state index is -0.106. The summed E-state index contributed by atoms with van der Waals surface area (Å²) in [4.78, 5) is 0. The van der Waals surface area contributed by atoms with E-state index >= 15 is 0 Å². The number of aliphatic hydroxyl groups excluding tert-OH is 1. The molecule has 0 spiro atoms. The van der Waals surface area contributed by atoms with E-state index < -0.39 is 0 Å². The van der Waals surface area contributed by atoms with Gasteiger partial charge in [-0.05, 0) is 56.3 Å². The Kier molecular flexibility index (Phi) is 6.68. The molecule has 0 aliphatic heterocycles. The van der Waals surface area contributed by atoms with E-state index in [-0.39, 0.29) is 12.1 Å². The van der Waals surface area contributed by atoms with E-state index in [0.29, 0.717) is 12.5 Å². The quantitative estimate of drug-likeness (QED) is 0.813. The van der Waals surface area contributed by atoms with Crippen LogP contribution in [-0.4, -0.2) is 32.0 Å². The predicted octanol–water partition coefficient (Wildman–Crippen LogP) is 3.04. The lowest BCUT2D eigenvalue weighted by Gasteiger charge is -2.27. The smallest absolute Gasteiger partial charge is 0.124 e. The Labute approximate surface area is 133 Å². The van der Waals surface area contributed by atoms with Crippen molar-refractivity contribution >= 4 is 0 Å². The van der Waals surface area contributed by atoms with Crippen LogP contribution < -0.4 is 10.1 Å². The number of rotatable bonds is 7. The molecular formula is C18H29NO3. The van der Waals surface area contributed by atoms with Gasteiger partial charge in [-0.1, -0.05) is 12.5 Å². The van der Waals surface area contributed by atoms with Crippen molar-refractivity contribution in [1.82, 2.24) is 5.32 Å². The molecule has 1 aliphatic rings. The normalized spacial score (nSPS) is 23.3. The molecule has 124 valence electrons. The fourth-order valence-corrected chi connectivity index (χ4v) is 3.25. The standard InChI is InChI=1S/C18H29NO3/c1-13(19-11-14-5-4-6-17(20)9-14)15-7-8-18(22-3)16(10-15)12-21-2/h7-8,10,13-14,17,19-20H,4-6,9,11-12H2,1-3H3. The van der Waals surface area contributed by atoms with E-state index in [1.54, 1.807) is 14.2 Å². The zero-order chi connectivity index (χ0) is 15.9. The largest absolute Gasteiger partial charge is 0.496 e. The van der Waals surface area contributed by atoms with Crippen molar-refractivity contribution in [2.24, 2.45) is 5.92 Å². The molecule has 3 unspecified atom stereocenters. The third-order valence-corrected chi connectivity index (χ3v) is 4.57. The molecular weight excluding hydrogens is 278 g/mol. The Morgan fingerprint density at radius 3 is 2.82 bits per heavy atom. The van der Waals surface area contributed by atoms with Gasteiger partial charge in [-0.15, -0.1) is 0 Å². The molecule has 22 heavy (non-hydrogen) atoms. The van der Waals surface area contributed by atoms with Gasteiger partial charge in [-0.3, -0.25) is 0 Å². The van der Waals surface area contributed by atoms with Crippen LogP contribution in [0.3, 0.4) is 0 Å². The summed E-state index contributed by atoms with van der Waals surface area (Å²) >= 11 is 0. The lowest BCUT2D eigenvalue weighted by atomic mass is 9.87. The fraction of sp³-hybridized carbons (Fsp3) is 0.667. The number of nitrogens with one attached hydrogen (secondary N) is 1. The second kappa shape index (κ2) is 8.51. The SMILES string of the molecule is COCc1cc(C(C)NCC2CCCC(O)C2)ccc1OC. The third-order valence-electron chi connectivity index (χ3n) is 4.57. The topological polar surface area (TPSA) is 50.7 Å². The van der Waals surface area contributed by atoms with Gasteiger partial charge in [0, 0.05) is 18.7 Å². The summed E-state index contributed by atoms with van der Waals surface area (Å²) < 4.78 is 10.6. The molecule has 0 aromatic heterocycles. The van der Waals surface area contributed by atoms with Crippen molar-refractivity contribution in [1.29, 1.82) is 0 Å². The fourth-order valence-electron chi connectivity index (χ4n) is 3.25. The number of aliphatic hydroxyl groups is 1. The van der Waals surface area contributed by atoms with Crippen LogP contribution in [-0.2, 0) is 11.3 Å². The Balaban J connectivity index is 1.93. The van der Waals surface area contributed by atoms with Gasteiger partial charge in [0.15, 0.2) is 0 Å². The van der Waals surface area contributed by atoms with Crippen molar-refractivity contribution in [3.05, 3.63) is 29.3 Å². The molecule has 0 saturated heterocycles. The first-order chi connectivity index (χ1) is 10.6. The summed E-state index contributed by atoms with van der Waals surface area (Å²) in [6.45, 7) is 3.69. The lowest BCUT2D eigenvalue weighted by Crippen LogP contribution is -2.30. The maximum absolute atomic E-state index is 9.76. The Morgan fingerprint density at radius 1 is 1.32 bits per heavy atom. The highest BCUT2D eigenvalue weighted by atomic mass is 16.5. The van der Waals surface area contributed by atoms with Crippen LogP contribution in [0.5, 0.6) is 5.75 Å². The van der Waals surface area contributed by atoms with Crippen molar-refractivity contribution in [2.75, 3.05) is 20.8 Å². The van der Waals surface area contributed by atoms with Crippen molar-refractivity contribution < 1.29 is 14.6 Å². The molecule has 4 heteroatoms. The minimum Gasteiger partial charge on any atom is -0.496 e. The molecule has 0 heterocycles. The van der Waals surface area contributed by atoms with Gasteiger partial charge in [-0.25, -0.2) is 0 Å². The van der Waals surface area contributed by atoms with Crippen LogP contribution in [0.1, 0.15) is 49.8 Å². The third kappa shape index (κ3) is 4.70. The molecule has 1 aromatic carbocycles. The van der Waals surface area contributed by atoms with E-state index in [9.17, 15) is 5.11 Å². The van der Waals surface area contributed by atoms with Gasteiger partial charge in [-0.2, -0.15) is 0 Å². The van der Waals surface area contributed by atoms with E-state index in [2.05, 4.69) is 24.4 Å². The highest BCUT2D eigenvalue weighted by molar-refractivity contribution is 5.38. The molecule has 4 nitrogen and oxygen atoms in total. The molecule has 0 amide bonds. The molecule has 0 bridgehead atoms. The molecule has 2 rings (SSSR count). The number of hydrogen-bond acceptors (Lipinski definition) is 4. The molecule has 1 aromatic rings. The first-order valence-corrected chi connectivity index (χ1v) is 8.21. The second-order valence-electron chi connectivity index (χ2n) is 6.32. The Hall–Kier alpha value is -1.10. The summed E-state index contributed by atoms with van der Waals surface area (Å²) in [5.41, 5.74) is 2.31. The summed E-state index contributed by atoms with van der Waals surface area (Å²) in [6, 6.07) is 6.54. The number of methoxy groups -OCH3 is 2. The van der Waals surface area contributed by atoms with Gasteiger partial charge in [0.25, 0.3) is 0 Å². The monoisotopic (exact) mass is 307 g/mol. The predicted molar refractivity (Wildman–Crippen MR) is 88.1 cm³/mol. The molecule has 2 N–H and O–H groups in total. The summed E-state index contributed by atoms with van der Waals surface area (Å²) in [7, 11) is 3.38. The first kappa shape index (κ1) is 17.3. The van der Waals surface area contributed by atoms with Crippen molar-refractivity contribution in [2.45, 2.75) is 51.4 Å². The van der Waals surface area contributed by atoms with Gasteiger partial charge in [0.1, 0.15) is 5.75 Å². The summed E-state index contributed by atoms with van der Waals surface area (Å²) in [5, 5.41) is 13.4. The minimum absolute atomic E-state index is 0.106. The van der Waals surface area contributed by atoms with Crippen LogP contribution in [0.25, 0.3) is 0 Å². The average molecular weight is 307 g/mol. The average Bonchev–Trinajstić information content (AvgIpc) is 2.53. The molecule has 0 radical (unpaired) electrons. The van der Waals surface area contributed by atoms with E-state index in [4.69, 9.17) is 9.47 Å². The van der Waals surface area contributed by atoms with Gasteiger partial charge in [0.2, 0.25) is 0 Å². The first-order valence-electron chi connectivity index (χ1n) is 8.21. The van der Waals surface area contributed by atoms with Crippen LogP contribution in [0.2, 0.25) is 0 Å². The Bertz CT molecular complexity index is 464. The van der Waals surface area contributed by atoms with E-state index in [0.717, 1.165) is 37.1 Å². The molecule has 1 saturated carbocycles. The highest BCUT2D eigenvalue weighted by Gasteiger charge is 2.20. The number of hydrogen-bond donors (Lipinski definition) is 2. The lowest BCUT2D eigenvalue weighted by molar-refractivity contribution is 0.0998. The van der Waals surface area contributed by atoms with Crippen LogP contribution >= 0.6 is 0 Å². The molecule has 1 fully saturated rings. The molecule has 3 atom stereocenters. The summed E-state index contributed by atoms with van der Waals surface area (Å²) in [6.07, 6.45) is 4.14. The van der Waals surface area contributed by atoms with Gasteiger partial charge < -0.3 is 19.9 Å². The van der Waals surface area contributed by atoms with Gasteiger partial charge in [0.05, 0.1) is 19.8 Å². The zero-order valence-corrected chi connectivity index (χ0v) is 14.0. The number of benzene rings is 1. The van der Waals surface area contributed by atoms with Crippen LogP contribution in [0.15, 0.2) is 18.2 Å². The van der Waals surface area contributed by atoms with Crippen LogP contribution in [0, 0.1) is 5.92 Å². The van der Waals surface area contributed by atoms with Crippen LogP contribution in [0.4, 0.5) is 0 Å². The maximum Gasteiger partial charge on any atom is 0.124 e. The van der Waals surface area contributed by atoms with Crippen molar-refractivity contribution in [3.8, 4) is 5.75 Å². The van der Waals surface area contributed by atoms with E-state index in [1.807, 2.05) is 6.07 Å². The zero-order valence-electron chi connectivity index (χ0n) is 14.0. The number of ether oxygens (including phenoxy) is 2. The van der Waals surface area contributed by atoms with E-state index in [1.165, 1.54) is 12.0 Å². The Morgan fingerprint density at radius 2 is 2.14 bits per heavy atom. The molecule has 1 aliphatic carbocycles. The van der Waals surface area contributed by atoms with Crippen molar-refractivity contribution in [3.63, 3.8) is 0 Å². The maximum atomic E-state index is 9.76. The second-order valence-corrected chi connectivity index (χ2v) is 6.32.